The molecule has 102 heavy (non-hydrogen) atoms. The molecule has 12 atom stereocenters. The van der Waals surface area contributed by atoms with Crippen molar-refractivity contribution in [2.24, 2.45) is 0 Å². The number of phenols is 17. The van der Waals surface area contributed by atoms with Gasteiger partial charge in [-0.25, -0.2) is 0 Å². The fourth-order valence-electron chi connectivity index (χ4n) is 18.5. The number of hydrogen-bond acceptors (Lipinski definition) is 18. The van der Waals surface area contributed by atoms with Gasteiger partial charge in [-0.3, -0.25) is 0 Å². The number of aromatic hydroxyl groups is 17. The van der Waals surface area contributed by atoms with Gasteiger partial charge in [-0.05, 0) is 176 Å². The van der Waals surface area contributed by atoms with Gasteiger partial charge in [-0.2, -0.15) is 0 Å². The fraction of sp³-hybridized carbons (Fsp3) is 0.143. The lowest BCUT2D eigenvalue weighted by molar-refractivity contribution is 0.221. The first-order valence-corrected chi connectivity index (χ1v) is 33.2. The van der Waals surface area contributed by atoms with E-state index in [0.29, 0.717) is 61.2 Å². The summed E-state index contributed by atoms with van der Waals surface area (Å²) in [6.07, 6.45) is -0.899. The second kappa shape index (κ2) is 23.1. The molecule has 0 saturated carbocycles. The number of benzene rings is 12. The smallest absolute Gasteiger partial charge is 0.135 e. The van der Waals surface area contributed by atoms with Crippen molar-refractivity contribution in [3.05, 3.63) is 318 Å². The van der Waals surface area contributed by atoms with E-state index in [0.717, 1.165) is 18.2 Å². The predicted octanol–water partition coefficient (Wildman–Crippen LogP) is 15.2. The van der Waals surface area contributed by atoms with E-state index in [-0.39, 0.29) is 114 Å². The quantitative estimate of drug-likeness (QED) is 0.0605. The topological polar surface area (TPSA) is 353 Å². The molecular weight excluding hydrogens is 1300 g/mol. The average Bonchev–Trinajstić information content (AvgIpc) is 1.53. The third kappa shape index (κ3) is 9.60. The van der Waals surface area contributed by atoms with Crippen LogP contribution in [0.4, 0.5) is 0 Å². The molecule has 1 aliphatic heterocycles. The highest BCUT2D eigenvalue weighted by atomic mass is 16.5. The largest absolute Gasteiger partial charge is 0.508 e. The van der Waals surface area contributed by atoms with Crippen molar-refractivity contribution in [2.75, 3.05) is 0 Å². The summed E-state index contributed by atoms with van der Waals surface area (Å²) in [5, 5.41) is 204. The van der Waals surface area contributed by atoms with Crippen molar-refractivity contribution in [3.8, 4) is 103 Å². The van der Waals surface area contributed by atoms with Crippen LogP contribution < -0.4 is 4.74 Å². The molecule has 17 rings (SSSR count). The first-order chi connectivity index (χ1) is 49.1. The number of phenolic OH excluding ortho intramolecular Hbond substituents is 17. The third-order valence-corrected chi connectivity index (χ3v) is 22.1. The SMILES string of the molecule is Oc1ccc(C(c2c(O)cc([C@@H]3c4c(O)cc5c6c4[C@H](C(c4ccc(O)cc4)c4c(O)cc(O)cc4[C@@H]6[C@@H](c4ccc(O)cc4)O5)[C@H]3c3ccc(O)cc3)cc2O)[C@@H]2c3cc(O)cc(O)c3[C@H](c3ccc(O)cc3)[C@H]3c4c2c(O)cc(O)c4[C@H](c2cc(O)cc(O)c2)[C@H]3c2ccc(O)cc2)cc1. The summed E-state index contributed by atoms with van der Waals surface area (Å²) in [5.74, 6) is -16.1. The van der Waals surface area contributed by atoms with Gasteiger partial charge in [0.15, 0.2) is 0 Å². The Labute approximate surface area is 581 Å². The van der Waals surface area contributed by atoms with Crippen molar-refractivity contribution in [1.29, 1.82) is 0 Å². The van der Waals surface area contributed by atoms with Crippen molar-refractivity contribution >= 4 is 0 Å². The lowest BCUT2D eigenvalue weighted by Crippen LogP contribution is -2.21. The highest BCUT2D eigenvalue weighted by molar-refractivity contribution is 5.76. The maximum Gasteiger partial charge on any atom is 0.135 e. The molecule has 0 saturated heterocycles. The summed E-state index contributed by atoms with van der Waals surface area (Å²) >= 11 is 0. The zero-order chi connectivity index (χ0) is 70.7. The Bertz CT molecular complexity index is 5360. The number of ether oxygens (including phenoxy) is 1. The molecule has 0 amide bonds. The Hall–Kier alpha value is -13.0. The first-order valence-electron chi connectivity index (χ1n) is 33.2. The molecule has 1 heterocycles. The lowest BCUT2D eigenvalue weighted by atomic mass is 9.68. The van der Waals surface area contributed by atoms with E-state index >= 15 is 0 Å². The van der Waals surface area contributed by atoms with Crippen molar-refractivity contribution in [1.82, 2.24) is 0 Å². The molecule has 12 aromatic rings. The monoisotopic (exact) mass is 1360 g/mol. The van der Waals surface area contributed by atoms with Crippen LogP contribution in [0.5, 0.6) is 103 Å². The highest BCUT2D eigenvalue weighted by Gasteiger charge is 2.58. The van der Waals surface area contributed by atoms with Gasteiger partial charge in [0.2, 0.25) is 0 Å². The molecule has 0 radical (unpaired) electrons. The molecule has 508 valence electrons. The minimum Gasteiger partial charge on any atom is -0.508 e. The van der Waals surface area contributed by atoms with Crippen LogP contribution in [-0.4, -0.2) is 86.8 Å². The fourth-order valence-corrected chi connectivity index (χ4v) is 18.5. The van der Waals surface area contributed by atoms with Gasteiger partial charge in [-0.15, -0.1) is 0 Å². The average molecular weight is 1360 g/mol. The molecule has 18 heteroatoms. The maximum atomic E-state index is 13.7. The zero-order valence-electron chi connectivity index (χ0n) is 53.6. The summed E-state index contributed by atoms with van der Waals surface area (Å²) in [6.45, 7) is 0. The van der Waals surface area contributed by atoms with Crippen LogP contribution in [0.2, 0.25) is 0 Å². The molecule has 2 unspecified atom stereocenters. The van der Waals surface area contributed by atoms with E-state index in [1.54, 1.807) is 78.9 Å². The van der Waals surface area contributed by atoms with Crippen LogP contribution in [0.15, 0.2) is 212 Å². The van der Waals surface area contributed by atoms with E-state index in [4.69, 9.17) is 4.74 Å². The molecular formula is C84H64O18. The Morgan fingerprint density at radius 1 is 0.225 bits per heavy atom. The summed E-state index contributed by atoms with van der Waals surface area (Å²) in [7, 11) is 0. The molecule has 17 N–H and O–H groups in total. The second-order valence-electron chi connectivity index (χ2n) is 27.5. The Morgan fingerprint density at radius 2 is 0.578 bits per heavy atom. The molecule has 5 aliphatic rings. The van der Waals surface area contributed by atoms with Crippen LogP contribution in [0.3, 0.4) is 0 Å². The molecule has 0 aromatic heterocycles. The minimum atomic E-state index is -1.46. The van der Waals surface area contributed by atoms with Crippen LogP contribution in [0.1, 0.15) is 177 Å². The van der Waals surface area contributed by atoms with E-state index in [1.165, 1.54) is 115 Å². The van der Waals surface area contributed by atoms with E-state index < -0.39 is 106 Å². The molecule has 12 aromatic carbocycles. The van der Waals surface area contributed by atoms with Gasteiger partial charge in [-0.1, -0.05) is 72.8 Å². The standard InChI is InChI=1S/C84H64O18/c85-44-13-1-36(2-14-44)64-69(42-25-50(91)29-51(92)26-42)76-60(99)34-61(100)78-73(54-30-52(93)32-58(97)71(54)66(80(64)82(76)78)38-5-17-46(87)18-6-38)68(40-9-21-48(89)22-10-40)75-56(95)27-43(28-57(75)96)70-65(37-3-15-45(86)16-4-37)81-67(39-7-19-47(88)20-8-39)72-55(31-53(94)33-59(72)98)74-79-63(35-62(101)77(70)83(79)81)102-84(74)41-11-23-49(90)24-12-41/h1-35,64-70,73-74,80-81,84-101H/t64-,65+,66+,67?,68?,69-,70+,73+,74+,80+,81+,84-/m1/s1. The van der Waals surface area contributed by atoms with E-state index in [2.05, 4.69) is 0 Å². The Kier molecular flexibility index (Phi) is 14.1. The normalized spacial score (nSPS) is 21.9. The summed E-state index contributed by atoms with van der Waals surface area (Å²) in [5.41, 5.74) is 6.62. The summed E-state index contributed by atoms with van der Waals surface area (Å²) in [6, 6.07) is 52.8. The molecule has 0 spiro atoms. The summed E-state index contributed by atoms with van der Waals surface area (Å²) in [4.78, 5) is 0. The zero-order valence-corrected chi connectivity index (χ0v) is 53.6. The van der Waals surface area contributed by atoms with Crippen LogP contribution >= 0.6 is 0 Å². The number of hydrogen-bond donors (Lipinski definition) is 17. The second-order valence-corrected chi connectivity index (χ2v) is 27.5. The number of fused-ring (bicyclic) bond motifs is 3. The Morgan fingerprint density at radius 3 is 1.05 bits per heavy atom. The van der Waals surface area contributed by atoms with Crippen LogP contribution in [0.25, 0.3) is 0 Å². The first kappa shape index (κ1) is 62.6. The lowest BCUT2D eigenvalue weighted by Gasteiger charge is -2.35. The summed E-state index contributed by atoms with van der Waals surface area (Å²) < 4.78 is 6.95. The van der Waals surface area contributed by atoms with Crippen molar-refractivity contribution in [3.63, 3.8) is 0 Å². The molecule has 4 aliphatic carbocycles. The van der Waals surface area contributed by atoms with Crippen molar-refractivity contribution in [2.45, 2.75) is 71.2 Å². The van der Waals surface area contributed by atoms with Gasteiger partial charge in [0.1, 0.15) is 110 Å². The van der Waals surface area contributed by atoms with Gasteiger partial charge in [0.05, 0.1) is 5.92 Å². The van der Waals surface area contributed by atoms with Crippen LogP contribution in [-0.2, 0) is 0 Å². The third-order valence-electron chi connectivity index (χ3n) is 22.1. The molecule has 0 bridgehead atoms. The van der Waals surface area contributed by atoms with E-state index in [1.807, 2.05) is 0 Å². The minimum absolute atomic E-state index is 0.0157. The Balaban J connectivity index is 0.949. The van der Waals surface area contributed by atoms with Gasteiger partial charge in [0, 0.05) is 128 Å². The van der Waals surface area contributed by atoms with Crippen molar-refractivity contribution < 1.29 is 91.5 Å². The maximum absolute atomic E-state index is 13.7. The van der Waals surface area contributed by atoms with Gasteiger partial charge < -0.3 is 91.5 Å². The molecule has 18 nitrogen and oxygen atoms in total. The predicted molar refractivity (Wildman–Crippen MR) is 373 cm³/mol. The van der Waals surface area contributed by atoms with Crippen LogP contribution in [0, 0.1) is 0 Å². The van der Waals surface area contributed by atoms with Gasteiger partial charge in [0.25, 0.3) is 0 Å². The van der Waals surface area contributed by atoms with E-state index in [9.17, 15) is 86.8 Å². The highest BCUT2D eigenvalue weighted by Crippen LogP contribution is 2.73. The van der Waals surface area contributed by atoms with Gasteiger partial charge >= 0.3 is 0 Å². The number of rotatable bonds is 10. The molecule has 0 fully saturated rings.